The van der Waals surface area contributed by atoms with Gasteiger partial charge in [0.2, 0.25) is 0 Å². The average molecular weight is 459 g/mol. The monoisotopic (exact) mass is 459 g/mol. The Morgan fingerprint density at radius 2 is 1.82 bits per heavy atom. The molecule has 1 saturated carbocycles. The molecule has 1 atom stereocenters. The van der Waals surface area contributed by atoms with Crippen molar-refractivity contribution in [2.45, 2.75) is 50.9 Å². The van der Waals surface area contributed by atoms with Crippen molar-refractivity contribution in [2.24, 2.45) is 0 Å². The average Bonchev–Trinajstić information content (AvgIpc) is 3.26. The lowest BCUT2D eigenvalue weighted by Gasteiger charge is -2.30. The molecule has 3 amide bonds. The Balaban J connectivity index is 1.65. The molecule has 1 fully saturated rings. The molecule has 1 aliphatic carbocycles. The summed E-state index contributed by atoms with van der Waals surface area (Å²) in [6.07, 6.45) is -0.428. The highest BCUT2D eigenvalue weighted by atomic mass is 19.4. The van der Waals surface area contributed by atoms with Crippen LogP contribution in [0.5, 0.6) is 5.75 Å². The van der Waals surface area contributed by atoms with Gasteiger partial charge in [-0.05, 0) is 56.9 Å². The summed E-state index contributed by atoms with van der Waals surface area (Å²) in [6.45, 7) is 1.58. The van der Waals surface area contributed by atoms with Crippen molar-refractivity contribution >= 4 is 17.6 Å². The Morgan fingerprint density at radius 1 is 1.09 bits per heavy atom. The number of anilines is 1. The molecule has 174 valence electrons. The molecule has 1 aliphatic heterocycles. The largest absolute Gasteiger partial charge is 0.490 e. The van der Waals surface area contributed by atoms with E-state index >= 15 is 0 Å². The predicted octanol–water partition coefficient (Wildman–Crippen LogP) is 5.29. The quantitative estimate of drug-likeness (QED) is 0.568. The van der Waals surface area contributed by atoms with E-state index in [1.165, 1.54) is 12.1 Å². The number of halogens is 3. The van der Waals surface area contributed by atoms with Crippen molar-refractivity contribution in [2.75, 3.05) is 5.32 Å². The minimum Gasteiger partial charge on any atom is -0.490 e. The third-order valence-electron chi connectivity index (χ3n) is 5.79. The molecular formula is C24H24F3N3O3. The van der Waals surface area contributed by atoms with Crippen molar-refractivity contribution in [1.29, 1.82) is 0 Å². The van der Waals surface area contributed by atoms with Crippen LogP contribution in [-0.4, -0.2) is 18.0 Å². The smallest absolute Gasteiger partial charge is 0.416 e. The van der Waals surface area contributed by atoms with Crippen LogP contribution in [0, 0.1) is 0 Å². The van der Waals surface area contributed by atoms with Gasteiger partial charge in [-0.25, -0.2) is 4.79 Å². The van der Waals surface area contributed by atoms with Crippen LogP contribution >= 0.6 is 0 Å². The first-order chi connectivity index (χ1) is 15.7. The van der Waals surface area contributed by atoms with Gasteiger partial charge in [0, 0.05) is 16.9 Å². The second kappa shape index (κ2) is 9.17. The number of nitrogens with one attached hydrogen (secondary N) is 3. The fourth-order valence-corrected chi connectivity index (χ4v) is 4.21. The van der Waals surface area contributed by atoms with Crippen LogP contribution in [0.2, 0.25) is 0 Å². The zero-order valence-electron chi connectivity index (χ0n) is 18.0. The van der Waals surface area contributed by atoms with E-state index in [0.717, 1.165) is 37.8 Å². The van der Waals surface area contributed by atoms with Crippen molar-refractivity contribution in [1.82, 2.24) is 10.6 Å². The second-order valence-electron chi connectivity index (χ2n) is 8.16. The lowest BCUT2D eigenvalue weighted by molar-refractivity contribution is -0.137. The van der Waals surface area contributed by atoms with E-state index in [9.17, 15) is 22.8 Å². The highest BCUT2D eigenvalue weighted by molar-refractivity contribution is 6.06. The van der Waals surface area contributed by atoms with Gasteiger partial charge in [0.15, 0.2) is 0 Å². The summed E-state index contributed by atoms with van der Waals surface area (Å²) in [5, 5.41) is 7.86. The summed E-state index contributed by atoms with van der Waals surface area (Å²) < 4.78 is 45.4. The molecule has 0 radical (unpaired) electrons. The minimum atomic E-state index is -4.53. The molecule has 0 aromatic heterocycles. The van der Waals surface area contributed by atoms with Crippen molar-refractivity contribution in [3.8, 4) is 5.75 Å². The first-order valence-electron chi connectivity index (χ1n) is 10.7. The van der Waals surface area contributed by atoms with Crippen molar-refractivity contribution < 1.29 is 27.5 Å². The van der Waals surface area contributed by atoms with E-state index < -0.39 is 29.7 Å². The zero-order chi connectivity index (χ0) is 23.6. The number of hydrogen-bond acceptors (Lipinski definition) is 3. The Kier molecular flexibility index (Phi) is 6.31. The standard InChI is InChI=1S/C24H24F3N3O3/c1-14-20(22(31)29-16-8-6-7-15(13-16)24(25,26)27)21(30-23(32)28-14)18-11-4-5-12-19(18)33-17-9-2-3-10-17/h4-8,11-13,17,21H,2-3,9-10H2,1H3,(H,29,31)(H2,28,30,32)/t21-/m1/s1. The molecule has 9 heteroatoms. The molecule has 6 nitrogen and oxygen atoms in total. The SMILES string of the molecule is CC1=C(C(=O)Nc2cccc(C(F)(F)F)c2)[C@@H](c2ccccc2OC2CCCC2)NC(=O)N1. The molecule has 2 aromatic rings. The van der Waals surface area contributed by atoms with Gasteiger partial charge in [-0.1, -0.05) is 24.3 Å². The van der Waals surface area contributed by atoms with Gasteiger partial charge in [-0.15, -0.1) is 0 Å². The van der Waals surface area contributed by atoms with E-state index in [1.807, 2.05) is 6.07 Å². The van der Waals surface area contributed by atoms with Gasteiger partial charge in [0.1, 0.15) is 5.75 Å². The number of benzene rings is 2. The lowest BCUT2D eigenvalue weighted by atomic mass is 9.94. The molecule has 0 bridgehead atoms. The van der Waals surface area contributed by atoms with Crippen molar-refractivity contribution in [3.05, 3.63) is 70.9 Å². The maximum Gasteiger partial charge on any atom is 0.416 e. The number of carbonyl (C=O) groups excluding carboxylic acids is 2. The number of urea groups is 1. The van der Waals surface area contributed by atoms with Crippen molar-refractivity contribution in [3.63, 3.8) is 0 Å². The molecule has 4 rings (SSSR count). The first kappa shape index (κ1) is 22.7. The van der Waals surface area contributed by atoms with Crippen LogP contribution in [0.3, 0.4) is 0 Å². The number of hydrogen-bond donors (Lipinski definition) is 3. The molecule has 0 spiro atoms. The summed E-state index contributed by atoms with van der Waals surface area (Å²) in [5.74, 6) is -0.0613. The highest BCUT2D eigenvalue weighted by Crippen LogP contribution is 2.36. The van der Waals surface area contributed by atoms with E-state index in [1.54, 1.807) is 25.1 Å². The number of para-hydroxylation sites is 1. The Hall–Kier alpha value is -3.49. The van der Waals surface area contributed by atoms with Gasteiger partial charge in [-0.3, -0.25) is 4.79 Å². The molecule has 2 aromatic carbocycles. The van der Waals surface area contributed by atoms with Gasteiger partial charge in [-0.2, -0.15) is 13.2 Å². The fourth-order valence-electron chi connectivity index (χ4n) is 4.21. The van der Waals surface area contributed by atoms with Crippen LogP contribution in [-0.2, 0) is 11.0 Å². The molecule has 3 N–H and O–H groups in total. The summed E-state index contributed by atoms with van der Waals surface area (Å²) >= 11 is 0. The topological polar surface area (TPSA) is 79.5 Å². The minimum absolute atomic E-state index is 0.00117. The van der Waals surface area contributed by atoms with Gasteiger partial charge in [0.25, 0.3) is 5.91 Å². The van der Waals surface area contributed by atoms with Gasteiger partial charge in [0.05, 0.1) is 23.3 Å². The van der Waals surface area contributed by atoms with Gasteiger partial charge < -0.3 is 20.7 Å². The summed E-state index contributed by atoms with van der Waals surface area (Å²) in [7, 11) is 0. The molecule has 0 saturated heterocycles. The molecule has 0 unspecified atom stereocenters. The lowest BCUT2D eigenvalue weighted by Crippen LogP contribution is -2.46. The van der Waals surface area contributed by atoms with Crippen LogP contribution < -0.4 is 20.7 Å². The third-order valence-corrected chi connectivity index (χ3v) is 5.79. The number of rotatable bonds is 5. The number of carbonyl (C=O) groups is 2. The van der Waals surface area contributed by atoms with E-state index in [4.69, 9.17) is 4.74 Å². The summed E-state index contributed by atoms with van der Waals surface area (Å²) in [4.78, 5) is 25.4. The molecule has 33 heavy (non-hydrogen) atoms. The van der Waals surface area contributed by atoms with E-state index in [0.29, 0.717) is 17.0 Å². The summed E-state index contributed by atoms with van der Waals surface area (Å²) in [6, 6.07) is 10.2. The third kappa shape index (κ3) is 5.13. The predicted molar refractivity (Wildman–Crippen MR) is 117 cm³/mol. The van der Waals surface area contributed by atoms with Crippen LogP contribution in [0.15, 0.2) is 59.8 Å². The molecule has 1 heterocycles. The first-order valence-corrected chi connectivity index (χ1v) is 10.7. The number of alkyl halides is 3. The Morgan fingerprint density at radius 3 is 2.55 bits per heavy atom. The molecular weight excluding hydrogens is 435 g/mol. The van der Waals surface area contributed by atoms with E-state index in [-0.39, 0.29) is 17.4 Å². The van der Waals surface area contributed by atoms with Crippen LogP contribution in [0.25, 0.3) is 0 Å². The summed E-state index contributed by atoms with van der Waals surface area (Å²) in [5.41, 5.74) is 0.236. The van der Waals surface area contributed by atoms with Crippen LogP contribution in [0.4, 0.5) is 23.7 Å². The maximum absolute atomic E-state index is 13.2. The molecule has 2 aliphatic rings. The fraction of sp³-hybridized carbons (Fsp3) is 0.333. The van der Waals surface area contributed by atoms with Crippen LogP contribution in [0.1, 0.15) is 49.8 Å². The number of ether oxygens (including phenoxy) is 1. The maximum atomic E-state index is 13.2. The zero-order valence-corrected chi connectivity index (χ0v) is 18.0. The highest BCUT2D eigenvalue weighted by Gasteiger charge is 2.34. The normalized spacial score (nSPS) is 19.2. The Bertz CT molecular complexity index is 1090. The number of amides is 3. The van der Waals surface area contributed by atoms with E-state index in [2.05, 4.69) is 16.0 Å². The van der Waals surface area contributed by atoms with Gasteiger partial charge >= 0.3 is 12.2 Å². The Labute approximate surface area is 189 Å². The second-order valence-corrected chi connectivity index (χ2v) is 8.16. The number of allylic oxidation sites excluding steroid dienone is 1.